The molecule has 0 aliphatic heterocycles. The predicted octanol–water partition coefficient (Wildman–Crippen LogP) is 1.08. The first-order valence-electron chi connectivity index (χ1n) is 2.51. The van der Waals surface area contributed by atoms with Crippen LogP contribution in [-0.2, 0) is 0 Å². The normalized spacial score (nSPS) is 14.1. The van der Waals surface area contributed by atoms with Crippen LogP contribution in [0.5, 0.6) is 0 Å². The largest absolute Gasteiger partial charge is 0.319 e. The third-order valence-corrected chi connectivity index (χ3v) is 1.34. The number of rotatable bonds is 3. The molecule has 1 unspecified atom stereocenters. The zero-order valence-corrected chi connectivity index (χ0v) is 5.63. The molecule has 0 saturated carbocycles. The van der Waals surface area contributed by atoms with E-state index in [1.54, 1.807) is 0 Å². The van der Waals surface area contributed by atoms with E-state index < -0.39 is 0 Å². The van der Waals surface area contributed by atoms with Crippen LogP contribution in [0.15, 0.2) is 0 Å². The molecule has 0 aromatic rings. The molecule has 0 bridgehead atoms. The first-order chi connectivity index (χ1) is 3.31. The Hall–Kier alpha value is 0.250. The summed E-state index contributed by atoms with van der Waals surface area (Å²) in [7, 11) is 1.93. The smallest absolute Gasteiger partial charge is 0.0261 e. The van der Waals surface area contributed by atoms with E-state index in [2.05, 4.69) is 12.2 Å². The fourth-order valence-electron chi connectivity index (χ4n) is 0.403. The van der Waals surface area contributed by atoms with Crippen molar-refractivity contribution in [3.05, 3.63) is 0 Å². The average molecular weight is 122 g/mol. The molecule has 0 saturated heterocycles. The lowest BCUT2D eigenvalue weighted by atomic mass is 10.2. The minimum atomic E-state index is 0.603. The fraction of sp³-hybridized carbons (Fsp3) is 1.00. The second-order valence-electron chi connectivity index (χ2n) is 1.82. The summed E-state index contributed by atoms with van der Waals surface area (Å²) in [5.74, 6) is 1.35. The van der Waals surface area contributed by atoms with Gasteiger partial charge in [0, 0.05) is 5.88 Å². The maximum absolute atomic E-state index is 5.49. The lowest BCUT2D eigenvalue weighted by Gasteiger charge is -2.02. The molecule has 1 N–H and O–H groups in total. The van der Waals surface area contributed by atoms with Crippen LogP contribution in [0.1, 0.15) is 6.92 Å². The first-order valence-corrected chi connectivity index (χ1v) is 3.05. The Morgan fingerprint density at radius 2 is 2.29 bits per heavy atom. The summed E-state index contributed by atoms with van der Waals surface area (Å²) >= 11 is 5.49. The van der Waals surface area contributed by atoms with Gasteiger partial charge in [0.05, 0.1) is 0 Å². The number of nitrogens with one attached hydrogen (secondary N) is 1. The molecule has 0 amide bonds. The Labute approximate surface area is 50.1 Å². The van der Waals surface area contributed by atoms with Crippen LogP contribution < -0.4 is 5.32 Å². The van der Waals surface area contributed by atoms with Crippen LogP contribution in [0.2, 0.25) is 0 Å². The Kier molecular flexibility index (Phi) is 4.57. The highest BCUT2D eigenvalue weighted by atomic mass is 35.5. The maximum Gasteiger partial charge on any atom is 0.0261 e. The molecule has 0 radical (unpaired) electrons. The molecule has 0 aromatic heterocycles. The van der Waals surface area contributed by atoms with Crippen LogP contribution in [0.3, 0.4) is 0 Å². The van der Waals surface area contributed by atoms with Crippen molar-refractivity contribution in [1.82, 2.24) is 5.32 Å². The van der Waals surface area contributed by atoms with E-state index in [0.29, 0.717) is 5.92 Å². The van der Waals surface area contributed by atoms with Gasteiger partial charge in [0.25, 0.3) is 0 Å². The average Bonchev–Trinajstić information content (AvgIpc) is 1.68. The van der Waals surface area contributed by atoms with Gasteiger partial charge in [-0.3, -0.25) is 0 Å². The lowest BCUT2D eigenvalue weighted by molar-refractivity contribution is 0.600. The topological polar surface area (TPSA) is 12.0 Å². The third-order valence-electron chi connectivity index (χ3n) is 0.816. The molecule has 1 nitrogen and oxygen atoms in total. The fourth-order valence-corrected chi connectivity index (χ4v) is 0.512. The van der Waals surface area contributed by atoms with Gasteiger partial charge in [-0.05, 0) is 19.5 Å². The Morgan fingerprint density at radius 1 is 1.71 bits per heavy atom. The molecule has 0 aromatic carbocycles. The molecule has 1 atom stereocenters. The lowest BCUT2D eigenvalue weighted by Crippen LogP contribution is -2.16. The summed E-state index contributed by atoms with van der Waals surface area (Å²) < 4.78 is 0. The standard InChI is InChI=1S/C5H12ClN/c1-5(3-6)4-7-2/h5,7H,3-4H2,1-2H3. The molecule has 0 spiro atoms. The molecule has 0 aliphatic rings. The van der Waals surface area contributed by atoms with Gasteiger partial charge in [-0.15, -0.1) is 11.6 Å². The Balaban J connectivity index is 2.83. The van der Waals surface area contributed by atoms with Gasteiger partial charge in [-0.25, -0.2) is 0 Å². The van der Waals surface area contributed by atoms with Crippen molar-refractivity contribution in [2.75, 3.05) is 19.5 Å². The third kappa shape index (κ3) is 4.10. The molecule has 0 aliphatic carbocycles. The van der Waals surface area contributed by atoms with Crippen LogP contribution in [0.4, 0.5) is 0 Å². The van der Waals surface area contributed by atoms with Gasteiger partial charge in [-0.1, -0.05) is 6.92 Å². The quantitative estimate of drug-likeness (QED) is 0.551. The van der Waals surface area contributed by atoms with Crippen LogP contribution in [0.25, 0.3) is 0 Å². The minimum absolute atomic E-state index is 0.603. The molecule has 0 fully saturated rings. The Bertz CT molecular complexity index is 39.1. The van der Waals surface area contributed by atoms with Gasteiger partial charge in [0.2, 0.25) is 0 Å². The number of hydrogen-bond acceptors (Lipinski definition) is 1. The molecule has 7 heavy (non-hydrogen) atoms. The van der Waals surface area contributed by atoms with Crippen molar-refractivity contribution in [3.8, 4) is 0 Å². The van der Waals surface area contributed by atoms with E-state index in [-0.39, 0.29) is 0 Å². The number of alkyl halides is 1. The molecule has 0 rings (SSSR count). The molecule has 44 valence electrons. The van der Waals surface area contributed by atoms with Crippen molar-refractivity contribution < 1.29 is 0 Å². The van der Waals surface area contributed by atoms with Gasteiger partial charge < -0.3 is 5.32 Å². The second-order valence-corrected chi connectivity index (χ2v) is 2.13. The maximum atomic E-state index is 5.49. The summed E-state index contributed by atoms with van der Waals surface area (Å²) in [6.45, 7) is 3.13. The van der Waals surface area contributed by atoms with E-state index in [0.717, 1.165) is 12.4 Å². The number of halogens is 1. The van der Waals surface area contributed by atoms with Crippen molar-refractivity contribution in [1.29, 1.82) is 0 Å². The minimum Gasteiger partial charge on any atom is -0.319 e. The molecule has 2 heteroatoms. The van der Waals surface area contributed by atoms with Crippen molar-refractivity contribution in [3.63, 3.8) is 0 Å². The van der Waals surface area contributed by atoms with Gasteiger partial charge >= 0.3 is 0 Å². The zero-order valence-electron chi connectivity index (χ0n) is 4.87. The summed E-state index contributed by atoms with van der Waals surface area (Å²) in [5, 5.41) is 3.03. The molecule has 0 heterocycles. The molecular formula is C5H12ClN. The monoisotopic (exact) mass is 121 g/mol. The SMILES string of the molecule is CNCC(C)CCl. The van der Waals surface area contributed by atoms with E-state index in [1.165, 1.54) is 0 Å². The van der Waals surface area contributed by atoms with Crippen LogP contribution in [0, 0.1) is 5.92 Å². The summed E-state index contributed by atoms with van der Waals surface area (Å²) in [5.41, 5.74) is 0. The van der Waals surface area contributed by atoms with Gasteiger partial charge in [-0.2, -0.15) is 0 Å². The second kappa shape index (κ2) is 4.41. The summed E-state index contributed by atoms with van der Waals surface area (Å²) in [6.07, 6.45) is 0. The summed E-state index contributed by atoms with van der Waals surface area (Å²) in [4.78, 5) is 0. The van der Waals surface area contributed by atoms with Crippen LogP contribution >= 0.6 is 11.6 Å². The highest BCUT2D eigenvalue weighted by Crippen LogP contribution is 1.93. The van der Waals surface area contributed by atoms with E-state index in [9.17, 15) is 0 Å². The summed E-state index contributed by atoms with van der Waals surface area (Å²) in [6, 6.07) is 0. The number of hydrogen-bond donors (Lipinski definition) is 1. The Morgan fingerprint density at radius 3 is 2.43 bits per heavy atom. The van der Waals surface area contributed by atoms with E-state index >= 15 is 0 Å². The molecular weight excluding hydrogens is 110 g/mol. The zero-order chi connectivity index (χ0) is 5.70. The highest BCUT2D eigenvalue weighted by molar-refractivity contribution is 6.18. The van der Waals surface area contributed by atoms with E-state index in [4.69, 9.17) is 11.6 Å². The van der Waals surface area contributed by atoms with Crippen molar-refractivity contribution in [2.24, 2.45) is 5.92 Å². The van der Waals surface area contributed by atoms with Crippen molar-refractivity contribution >= 4 is 11.6 Å². The van der Waals surface area contributed by atoms with Gasteiger partial charge in [0.1, 0.15) is 0 Å². The van der Waals surface area contributed by atoms with Gasteiger partial charge in [0.15, 0.2) is 0 Å². The van der Waals surface area contributed by atoms with Crippen LogP contribution in [-0.4, -0.2) is 19.5 Å². The predicted molar refractivity (Wildman–Crippen MR) is 33.8 cm³/mol. The first kappa shape index (κ1) is 7.25. The van der Waals surface area contributed by atoms with Crippen molar-refractivity contribution in [2.45, 2.75) is 6.92 Å². The highest BCUT2D eigenvalue weighted by Gasteiger charge is 1.93. The van der Waals surface area contributed by atoms with E-state index in [1.807, 2.05) is 7.05 Å².